The first-order chi connectivity index (χ1) is 9.88. The van der Waals surface area contributed by atoms with Gasteiger partial charge in [-0.25, -0.2) is 0 Å². The van der Waals surface area contributed by atoms with Gasteiger partial charge in [-0.15, -0.1) is 0 Å². The largest absolute Gasteiger partial charge is 0.501 e. The average molecular weight is 281 g/mol. The first kappa shape index (κ1) is 17.6. The smallest absolute Gasteiger partial charge is 0.0876 e. The first-order valence-electron chi connectivity index (χ1n) is 8.92. The van der Waals surface area contributed by atoms with Gasteiger partial charge in [0.15, 0.2) is 0 Å². The van der Waals surface area contributed by atoms with Gasteiger partial charge in [-0.3, -0.25) is 0 Å². The van der Waals surface area contributed by atoms with Gasteiger partial charge in [-0.1, -0.05) is 58.8 Å². The molecule has 0 aliphatic carbocycles. The van der Waals surface area contributed by atoms with E-state index in [1.54, 1.807) is 0 Å². The summed E-state index contributed by atoms with van der Waals surface area (Å²) in [6, 6.07) is 0.561. The Hall–Kier alpha value is -0.500. The Kier molecular flexibility index (Phi) is 10.8. The lowest BCUT2D eigenvalue weighted by Crippen LogP contribution is -2.32. The van der Waals surface area contributed by atoms with Gasteiger partial charge in [0, 0.05) is 6.04 Å². The molecule has 1 aliphatic rings. The Labute approximate surface area is 126 Å². The number of hydrogen-bond donors (Lipinski definition) is 1. The molecule has 1 rings (SSSR count). The van der Waals surface area contributed by atoms with Crippen molar-refractivity contribution in [2.45, 2.75) is 90.5 Å². The van der Waals surface area contributed by atoms with Crippen LogP contribution in [0.3, 0.4) is 0 Å². The van der Waals surface area contributed by atoms with Crippen molar-refractivity contribution in [3.8, 4) is 0 Å². The lowest BCUT2D eigenvalue weighted by Gasteiger charge is -2.24. The number of unbranched alkanes of at least 4 members (excludes halogenated alkanes) is 6. The maximum Gasteiger partial charge on any atom is 0.0876 e. The molecule has 0 aromatic carbocycles. The Morgan fingerprint density at radius 1 is 1.05 bits per heavy atom. The van der Waals surface area contributed by atoms with Crippen LogP contribution in [0, 0.1) is 0 Å². The number of nitrogens with one attached hydrogen (secondary N) is 1. The molecule has 1 N–H and O–H groups in total. The number of rotatable bonds is 12. The highest BCUT2D eigenvalue weighted by atomic mass is 16.5. The Morgan fingerprint density at radius 3 is 2.45 bits per heavy atom. The van der Waals surface area contributed by atoms with E-state index in [1.807, 2.05) is 6.26 Å². The maximum absolute atomic E-state index is 5.51. The molecule has 0 saturated carbocycles. The van der Waals surface area contributed by atoms with E-state index in [1.165, 1.54) is 76.2 Å². The molecular weight excluding hydrogens is 246 g/mol. The molecule has 20 heavy (non-hydrogen) atoms. The zero-order chi connectivity index (χ0) is 14.5. The van der Waals surface area contributed by atoms with E-state index in [-0.39, 0.29) is 0 Å². The summed E-state index contributed by atoms with van der Waals surface area (Å²) < 4.78 is 5.51. The van der Waals surface area contributed by atoms with Crippen LogP contribution in [-0.4, -0.2) is 19.2 Å². The minimum atomic E-state index is 0.561. The second-order valence-electron chi connectivity index (χ2n) is 6.08. The molecular formula is C18H35NO. The van der Waals surface area contributed by atoms with E-state index in [9.17, 15) is 0 Å². The van der Waals surface area contributed by atoms with Crippen molar-refractivity contribution < 1.29 is 4.74 Å². The van der Waals surface area contributed by atoms with Crippen molar-refractivity contribution >= 4 is 0 Å². The molecule has 0 aromatic heterocycles. The van der Waals surface area contributed by atoms with Crippen LogP contribution in [0.1, 0.15) is 84.5 Å². The summed E-state index contributed by atoms with van der Waals surface area (Å²) in [7, 11) is 0. The van der Waals surface area contributed by atoms with Crippen LogP contribution in [0.2, 0.25) is 0 Å². The van der Waals surface area contributed by atoms with Gasteiger partial charge in [0.05, 0.1) is 12.9 Å². The van der Waals surface area contributed by atoms with Crippen LogP contribution < -0.4 is 5.32 Å². The van der Waals surface area contributed by atoms with E-state index in [2.05, 4.69) is 19.2 Å². The van der Waals surface area contributed by atoms with Crippen molar-refractivity contribution in [1.29, 1.82) is 0 Å². The molecule has 0 spiro atoms. The lowest BCUT2D eigenvalue weighted by atomic mass is 9.96. The molecule has 0 radical (unpaired) electrons. The predicted octanol–water partition coefficient (Wildman–Crippen LogP) is 5.19. The maximum atomic E-state index is 5.51. The average Bonchev–Trinajstić information content (AvgIpc) is 2.50. The normalized spacial score (nSPS) is 16.6. The molecule has 0 bridgehead atoms. The van der Waals surface area contributed by atoms with Crippen LogP contribution in [0.25, 0.3) is 0 Å². The van der Waals surface area contributed by atoms with Crippen LogP contribution >= 0.6 is 0 Å². The van der Waals surface area contributed by atoms with Gasteiger partial charge < -0.3 is 10.1 Å². The highest BCUT2D eigenvalue weighted by Gasteiger charge is 2.15. The highest BCUT2D eigenvalue weighted by Crippen LogP contribution is 2.20. The molecule has 0 fully saturated rings. The third-order valence-electron chi connectivity index (χ3n) is 4.15. The van der Waals surface area contributed by atoms with Gasteiger partial charge in [0.1, 0.15) is 0 Å². The molecule has 1 unspecified atom stereocenters. The Bertz CT molecular complexity index is 250. The Balaban J connectivity index is 2.17. The standard InChI is InChI=1S/C18H35NO/c1-3-5-6-7-8-9-10-13-18(19-14-4-2)17-12-11-15-20-16-17/h16,18-19H,3-15H2,1-2H3. The summed E-state index contributed by atoms with van der Waals surface area (Å²) in [5.41, 5.74) is 1.50. The second-order valence-corrected chi connectivity index (χ2v) is 6.08. The molecule has 2 nitrogen and oxygen atoms in total. The topological polar surface area (TPSA) is 21.3 Å². The van der Waals surface area contributed by atoms with Crippen LogP contribution in [0.5, 0.6) is 0 Å². The molecule has 2 heteroatoms. The monoisotopic (exact) mass is 281 g/mol. The molecule has 1 aliphatic heterocycles. The van der Waals surface area contributed by atoms with Gasteiger partial charge in [-0.2, -0.15) is 0 Å². The van der Waals surface area contributed by atoms with Gasteiger partial charge in [0.2, 0.25) is 0 Å². The van der Waals surface area contributed by atoms with Crippen molar-refractivity contribution in [2.24, 2.45) is 0 Å². The fourth-order valence-electron chi connectivity index (χ4n) is 2.88. The zero-order valence-corrected chi connectivity index (χ0v) is 13.8. The van der Waals surface area contributed by atoms with Crippen LogP contribution in [0.4, 0.5) is 0 Å². The van der Waals surface area contributed by atoms with E-state index in [0.29, 0.717) is 6.04 Å². The summed E-state index contributed by atoms with van der Waals surface area (Å²) in [6.07, 6.45) is 16.7. The number of hydrogen-bond acceptors (Lipinski definition) is 2. The lowest BCUT2D eigenvalue weighted by molar-refractivity contribution is 0.218. The third kappa shape index (κ3) is 7.94. The first-order valence-corrected chi connectivity index (χ1v) is 8.92. The van der Waals surface area contributed by atoms with Crippen molar-refractivity contribution in [3.05, 3.63) is 11.8 Å². The van der Waals surface area contributed by atoms with Crippen molar-refractivity contribution in [3.63, 3.8) is 0 Å². The fourth-order valence-corrected chi connectivity index (χ4v) is 2.88. The summed E-state index contributed by atoms with van der Waals surface area (Å²) in [5.74, 6) is 0. The van der Waals surface area contributed by atoms with E-state index >= 15 is 0 Å². The molecule has 118 valence electrons. The van der Waals surface area contributed by atoms with Crippen LogP contribution in [0.15, 0.2) is 11.8 Å². The van der Waals surface area contributed by atoms with Gasteiger partial charge in [-0.05, 0) is 37.8 Å². The zero-order valence-electron chi connectivity index (χ0n) is 13.8. The van der Waals surface area contributed by atoms with Gasteiger partial charge >= 0.3 is 0 Å². The molecule has 1 heterocycles. The van der Waals surface area contributed by atoms with Crippen LogP contribution in [-0.2, 0) is 4.74 Å². The fraction of sp³-hybridized carbons (Fsp3) is 0.889. The summed E-state index contributed by atoms with van der Waals surface area (Å²) >= 11 is 0. The highest BCUT2D eigenvalue weighted by molar-refractivity contribution is 5.09. The minimum absolute atomic E-state index is 0.561. The van der Waals surface area contributed by atoms with Crippen molar-refractivity contribution in [1.82, 2.24) is 5.32 Å². The SMILES string of the molecule is CCCCCCCCCC(NCCC)C1=COCCC1. The minimum Gasteiger partial charge on any atom is -0.501 e. The molecule has 1 atom stereocenters. The second kappa shape index (κ2) is 12.3. The summed E-state index contributed by atoms with van der Waals surface area (Å²) in [5, 5.41) is 3.70. The summed E-state index contributed by atoms with van der Waals surface area (Å²) in [4.78, 5) is 0. The van der Waals surface area contributed by atoms with E-state index in [4.69, 9.17) is 4.74 Å². The van der Waals surface area contributed by atoms with Gasteiger partial charge in [0.25, 0.3) is 0 Å². The molecule has 0 aromatic rings. The van der Waals surface area contributed by atoms with Crippen molar-refractivity contribution in [2.75, 3.05) is 13.2 Å². The quantitative estimate of drug-likeness (QED) is 0.497. The molecule has 0 amide bonds. The van der Waals surface area contributed by atoms with E-state index in [0.717, 1.165) is 13.2 Å². The predicted molar refractivity (Wildman–Crippen MR) is 88.0 cm³/mol. The summed E-state index contributed by atoms with van der Waals surface area (Å²) in [6.45, 7) is 6.55. The Morgan fingerprint density at radius 2 is 1.80 bits per heavy atom. The van der Waals surface area contributed by atoms with E-state index < -0.39 is 0 Å². The third-order valence-corrected chi connectivity index (χ3v) is 4.15. The molecule has 0 saturated heterocycles. The number of ether oxygens (including phenoxy) is 1.